The highest BCUT2D eigenvalue weighted by molar-refractivity contribution is 5.09. The summed E-state index contributed by atoms with van der Waals surface area (Å²) in [4.78, 5) is 4.06. The molecular formula is C13H16N2O. The third kappa shape index (κ3) is 2.94. The van der Waals surface area contributed by atoms with E-state index in [0.717, 1.165) is 31.0 Å². The van der Waals surface area contributed by atoms with Crippen LogP contribution < -0.4 is 5.32 Å². The molecule has 0 saturated heterocycles. The molecule has 1 N–H and O–H groups in total. The minimum atomic E-state index is 0.759. The molecule has 0 saturated carbocycles. The molecule has 2 aromatic rings. The Bertz CT molecular complexity index is 423. The molecule has 0 bridgehead atoms. The Morgan fingerprint density at radius 3 is 2.75 bits per heavy atom. The maximum atomic E-state index is 5.59. The first-order chi connectivity index (χ1) is 7.88. The van der Waals surface area contributed by atoms with Crippen LogP contribution in [0.1, 0.15) is 24.0 Å². The van der Waals surface area contributed by atoms with Crippen molar-refractivity contribution in [1.82, 2.24) is 10.3 Å². The highest BCUT2D eigenvalue weighted by Gasteiger charge is 1.99. The van der Waals surface area contributed by atoms with Crippen molar-refractivity contribution in [3.05, 3.63) is 53.7 Å². The van der Waals surface area contributed by atoms with E-state index in [2.05, 4.69) is 23.3 Å². The molecule has 0 radical (unpaired) electrons. The molecule has 0 aliphatic heterocycles. The molecule has 0 fully saturated rings. The Morgan fingerprint density at radius 2 is 2.06 bits per heavy atom. The summed E-state index contributed by atoms with van der Waals surface area (Å²) < 4.78 is 5.59. The van der Waals surface area contributed by atoms with E-state index in [-0.39, 0.29) is 0 Å². The summed E-state index contributed by atoms with van der Waals surface area (Å²) in [5, 5.41) is 3.32. The van der Waals surface area contributed by atoms with Crippen molar-refractivity contribution >= 4 is 0 Å². The van der Waals surface area contributed by atoms with Crippen LogP contribution in [0.4, 0.5) is 0 Å². The number of rotatable bonds is 5. The van der Waals surface area contributed by atoms with Crippen molar-refractivity contribution in [2.75, 3.05) is 0 Å². The number of nitrogens with one attached hydrogen (secondary N) is 1. The van der Waals surface area contributed by atoms with Gasteiger partial charge in [-0.15, -0.1) is 0 Å². The Hall–Kier alpha value is -1.61. The van der Waals surface area contributed by atoms with E-state index < -0.39 is 0 Å². The zero-order valence-electron chi connectivity index (χ0n) is 9.44. The fraction of sp³-hybridized carbons (Fsp3) is 0.308. The molecule has 0 unspecified atom stereocenters. The van der Waals surface area contributed by atoms with Crippen LogP contribution in [0.2, 0.25) is 0 Å². The topological polar surface area (TPSA) is 38.1 Å². The fourth-order valence-electron chi connectivity index (χ4n) is 1.54. The molecule has 0 amide bonds. The second-order valence-corrected chi connectivity index (χ2v) is 3.69. The minimum absolute atomic E-state index is 0.759. The largest absolute Gasteiger partial charge is 0.465 e. The van der Waals surface area contributed by atoms with Gasteiger partial charge in [0.1, 0.15) is 11.5 Å². The van der Waals surface area contributed by atoms with Gasteiger partial charge >= 0.3 is 0 Å². The maximum Gasteiger partial charge on any atom is 0.117 e. The highest BCUT2D eigenvalue weighted by atomic mass is 16.3. The molecule has 0 aliphatic rings. The molecule has 3 heteroatoms. The summed E-state index contributed by atoms with van der Waals surface area (Å²) in [5.41, 5.74) is 1.18. The van der Waals surface area contributed by atoms with E-state index in [1.165, 1.54) is 5.56 Å². The Kier molecular flexibility index (Phi) is 3.72. The summed E-state index contributed by atoms with van der Waals surface area (Å²) in [7, 11) is 0. The first kappa shape index (κ1) is 10.9. The molecule has 84 valence electrons. The molecule has 0 aromatic carbocycles. The van der Waals surface area contributed by atoms with E-state index in [9.17, 15) is 0 Å². The Labute approximate surface area is 95.5 Å². The van der Waals surface area contributed by atoms with E-state index in [0.29, 0.717) is 0 Å². The van der Waals surface area contributed by atoms with Crippen LogP contribution in [-0.4, -0.2) is 4.98 Å². The molecule has 0 spiro atoms. The first-order valence-electron chi connectivity index (χ1n) is 5.55. The Balaban J connectivity index is 1.80. The van der Waals surface area contributed by atoms with Gasteiger partial charge in [-0.3, -0.25) is 4.98 Å². The predicted octanol–water partition coefficient (Wildman–Crippen LogP) is 2.53. The average molecular weight is 216 g/mol. The van der Waals surface area contributed by atoms with E-state index in [4.69, 9.17) is 4.42 Å². The number of aromatic nitrogens is 1. The van der Waals surface area contributed by atoms with Crippen LogP contribution in [0.3, 0.4) is 0 Å². The summed E-state index contributed by atoms with van der Waals surface area (Å²) in [6.45, 7) is 3.66. The lowest BCUT2D eigenvalue weighted by atomic mass is 10.3. The zero-order chi connectivity index (χ0) is 11.2. The summed E-state index contributed by atoms with van der Waals surface area (Å²) in [5.74, 6) is 2.03. The van der Waals surface area contributed by atoms with Crippen molar-refractivity contribution in [2.24, 2.45) is 0 Å². The van der Waals surface area contributed by atoms with Crippen molar-refractivity contribution < 1.29 is 4.42 Å². The van der Waals surface area contributed by atoms with Crippen molar-refractivity contribution in [3.8, 4) is 0 Å². The van der Waals surface area contributed by atoms with Crippen LogP contribution in [0.25, 0.3) is 0 Å². The number of nitrogens with zero attached hydrogens (tertiary/aromatic N) is 1. The number of hydrogen-bond acceptors (Lipinski definition) is 3. The molecule has 16 heavy (non-hydrogen) atoms. The van der Waals surface area contributed by atoms with Crippen LogP contribution in [0.5, 0.6) is 0 Å². The lowest BCUT2D eigenvalue weighted by molar-refractivity contribution is 0.450. The van der Waals surface area contributed by atoms with Gasteiger partial charge in [-0.05, 0) is 23.8 Å². The highest BCUT2D eigenvalue weighted by Crippen LogP contribution is 2.08. The Morgan fingerprint density at radius 1 is 1.19 bits per heavy atom. The first-order valence-corrected chi connectivity index (χ1v) is 5.55. The van der Waals surface area contributed by atoms with Crippen LogP contribution in [0, 0.1) is 0 Å². The second kappa shape index (κ2) is 5.47. The summed E-state index contributed by atoms with van der Waals surface area (Å²) in [6.07, 6.45) is 4.60. The molecule has 2 rings (SSSR count). The van der Waals surface area contributed by atoms with Crippen LogP contribution >= 0.6 is 0 Å². The van der Waals surface area contributed by atoms with Gasteiger partial charge in [0, 0.05) is 25.4 Å². The average Bonchev–Trinajstić information content (AvgIpc) is 2.78. The molecule has 0 atom stereocenters. The van der Waals surface area contributed by atoms with Gasteiger partial charge in [0.15, 0.2) is 0 Å². The monoisotopic (exact) mass is 216 g/mol. The maximum absolute atomic E-state index is 5.59. The molecule has 2 heterocycles. The fourth-order valence-corrected chi connectivity index (χ4v) is 1.54. The summed E-state index contributed by atoms with van der Waals surface area (Å²) in [6, 6.07) is 8.05. The SMILES string of the molecule is CCc1ccc(CNCc2cccnc2)o1. The van der Waals surface area contributed by atoms with E-state index in [1.807, 2.05) is 24.4 Å². The quantitative estimate of drug-likeness (QED) is 0.834. The molecule has 3 nitrogen and oxygen atoms in total. The zero-order valence-corrected chi connectivity index (χ0v) is 9.44. The van der Waals surface area contributed by atoms with Crippen molar-refractivity contribution in [1.29, 1.82) is 0 Å². The van der Waals surface area contributed by atoms with Gasteiger partial charge in [0.25, 0.3) is 0 Å². The number of pyridine rings is 1. The van der Waals surface area contributed by atoms with Crippen LogP contribution in [0.15, 0.2) is 41.1 Å². The lowest BCUT2D eigenvalue weighted by Crippen LogP contribution is -2.12. The minimum Gasteiger partial charge on any atom is -0.465 e. The van der Waals surface area contributed by atoms with Gasteiger partial charge in [-0.2, -0.15) is 0 Å². The molecular weight excluding hydrogens is 200 g/mol. The van der Waals surface area contributed by atoms with Gasteiger partial charge in [0.2, 0.25) is 0 Å². The van der Waals surface area contributed by atoms with Crippen LogP contribution in [-0.2, 0) is 19.5 Å². The van der Waals surface area contributed by atoms with E-state index in [1.54, 1.807) is 6.20 Å². The van der Waals surface area contributed by atoms with Crippen molar-refractivity contribution in [3.63, 3.8) is 0 Å². The molecule has 0 aliphatic carbocycles. The number of furan rings is 1. The summed E-state index contributed by atoms with van der Waals surface area (Å²) >= 11 is 0. The lowest BCUT2D eigenvalue weighted by Gasteiger charge is -2.02. The van der Waals surface area contributed by atoms with Gasteiger partial charge in [-0.25, -0.2) is 0 Å². The van der Waals surface area contributed by atoms with Gasteiger partial charge < -0.3 is 9.73 Å². The third-order valence-electron chi connectivity index (χ3n) is 2.42. The number of aryl methyl sites for hydroxylation is 1. The normalized spacial score (nSPS) is 10.6. The van der Waals surface area contributed by atoms with Gasteiger partial charge in [-0.1, -0.05) is 13.0 Å². The smallest absolute Gasteiger partial charge is 0.117 e. The third-order valence-corrected chi connectivity index (χ3v) is 2.42. The number of hydrogen-bond donors (Lipinski definition) is 1. The standard InChI is InChI=1S/C13H16N2O/c1-2-12-5-6-13(16-12)10-15-9-11-4-3-7-14-8-11/h3-8,15H,2,9-10H2,1H3. The van der Waals surface area contributed by atoms with E-state index >= 15 is 0 Å². The van der Waals surface area contributed by atoms with Crippen molar-refractivity contribution in [2.45, 2.75) is 26.4 Å². The molecule has 2 aromatic heterocycles. The van der Waals surface area contributed by atoms with Gasteiger partial charge in [0.05, 0.1) is 6.54 Å². The predicted molar refractivity (Wildman–Crippen MR) is 62.9 cm³/mol. The second-order valence-electron chi connectivity index (χ2n) is 3.69.